The molecule has 6 heteroatoms. The lowest BCUT2D eigenvalue weighted by atomic mass is 10.1. The molecule has 4 aromatic rings. The summed E-state index contributed by atoms with van der Waals surface area (Å²) in [6, 6.07) is 20.1. The third kappa shape index (κ3) is 4.66. The molecular formula is C23H22N2O3S. The van der Waals surface area contributed by atoms with Gasteiger partial charge in [-0.1, -0.05) is 48.5 Å². The number of hydrogen-bond acceptors (Lipinski definition) is 5. The summed E-state index contributed by atoms with van der Waals surface area (Å²) < 4.78 is 12.5. The Bertz CT molecular complexity index is 1110. The molecule has 4 rings (SSSR count). The van der Waals surface area contributed by atoms with Crippen molar-refractivity contribution in [1.29, 1.82) is 0 Å². The van der Waals surface area contributed by atoms with E-state index >= 15 is 0 Å². The van der Waals surface area contributed by atoms with Crippen LogP contribution < -0.4 is 5.32 Å². The quantitative estimate of drug-likeness (QED) is 0.420. The third-order valence-electron chi connectivity index (χ3n) is 4.16. The van der Waals surface area contributed by atoms with E-state index in [1.165, 1.54) is 0 Å². The van der Waals surface area contributed by atoms with Crippen molar-refractivity contribution in [3.05, 3.63) is 71.9 Å². The van der Waals surface area contributed by atoms with E-state index in [-0.39, 0.29) is 0 Å². The van der Waals surface area contributed by atoms with Gasteiger partial charge in [0.05, 0.1) is 4.88 Å². The smallest absolute Gasteiger partial charge is 0.414 e. The van der Waals surface area contributed by atoms with Crippen molar-refractivity contribution in [2.24, 2.45) is 0 Å². The highest BCUT2D eigenvalue weighted by Crippen LogP contribution is 2.35. The van der Waals surface area contributed by atoms with Crippen LogP contribution in [0.25, 0.3) is 20.9 Å². The van der Waals surface area contributed by atoms with E-state index in [0.717, 1.165) is 20.5 Å². The second-order valence-electron chi connectivity index (χ2n) is 7.73. The molecular weight excluding hydrogens is 384 g/mol. The maximum atomic E-state index is 12.3. The number of nitrogens with one attached hydrogen (secondary N) is 1. The third-order valence-corrected chi connectivity index (χ3v) is 5.27. The van der Waals surface area contributed by atoms with Crippen LogP contribution in [-0.4, -0.2) is 16.7 Å². The largest absolute Gasteiger partial charge is 0.444 e. The summed E-state index contributed by atoms with van der Waals surface area (Å²) in [7, 11) is 0. The normalized spacial score (nSPS) is 11.6. The van der Waals surface area contributed by atoms with Gasteiger partial charge in [-0.2, -0.15) is 0 Å². The molecule has 0 fully saturated rings. The topological polar surface area (TPSA) is 64.4 Å². The molecule has 0 unspecified atom stereocenters. The van der Waals surface area contributed by atoms with Crippen molar-refractivity contribution in [1.82, 2.24) is 4.98 Å². The van der Waals surface area contributed by atoms with Crippen LogP contribution in [0, 0.1) is 0 Å². The SMILES string of the molecule is CC(C)(C)OC(=O)Nc1oc(-c2cc3ccccc3s2)nc1Cc1ccccc1. The number of nitrogens with zero attached hydrogens (tertiary/aromatic N) is 1. The minimum Gasteiger partial charge on any atom is -0.444 e. The van der Waals surface area contributed by atoms with Gasteiger partial charge in [-0.25, -0.2) is 9.78 Å². The predicted octanol–water partition coefficient (Wildman–Crippen LogP) is 6.49. The van der Waals surface area contributed by atoms with Gasteiger partial charge in [0, 0.05) is 11.1 Å². The van der Waals surface area contributed by atoms with E-state index in [0.29, 0.717) is 23.9 Å². The van der Waals surface area contributed by atoms with Crippen molar-refractivity contribution in [3.63, 3.8) is 0 Å². The summed E-state index contributed by atoms with van der Waals surface area (Å²) in [5.74, 6) is 0.804. The zero-order valence-electron chi connectivity index (χ0n) is 16.6. The van der Waals surface area contributed by atoms with Gasteiger partial charge in [0.25, 0.3) is 0 Å². The molecule has 0 saturated heterocycles. The van der Waals surface area contributed by atoms with E-state index in [1.54, 1.807) is 11.3 Å². The van der Waals surface area contributed by atoms with Gasteiger partial charge in [-0.05, 0) is 43.9 Å². The monoisotopic (exact) mass is 406 g/mol. The number of carbonyl (C=O) groups is 1. The van der Waals surface area contributed by atoms with Gasteiger partial charge in [-0.15, -0.1) is 11.3 Å². The van der Waals surface area contributed by atoms with Crippen molar-refractivity contribution in [3.8, 4) is 10.8 Å². The highest BCUT2D eigenvalue weighted by Gasteiger charge is 2.22. The number of benzene rings is 2. The van der Waals surface area contributed by atoms with Crippen LogP contribution in [0.5, 0.6) is 0 Å². The first-order valence-corrected chi connectivity index (χ1v) is 10.2. The molecule has 0 aliphatic heterocycles. The summed E-state index contributed by atoms with van der Waals surface area (Å²) in [6.45, 7) is 5.46. The average molecular weight is 407 g/mol. The minimum atomic E-state index is -0.599. The summed E-state index contributed by atoms with van der Waals surface area (Å²) in [4.78, 5) is 17.9. The molecule has 2 heterocycles. The van der Waals surface area contributed by atoms with Gasteiger partial charge < -0.3 is 9.15 Å². The lowest BCUT2D eigenvalue weighted by Gasteiger charge is -2.19. The zero-order chi connectivity index (χ0) is 20.4. The molecule has 1 N–H and O–H groups in total. The summed E-state index contributed by atoms with van der Waals surface area (Å²) >= 11 is 1.61. The molecule has 0 radical (unpaired) electrons. The fourth-order valence-electron chi connectivity index (χ4n) is 2.95. The number of hydrogen-bond donors (Lipinski definition) is 1. The van der Waals surface area contributed by atoms with Crippen molar-refractivity contribution in [2.45, 2.75) is 32.8 Å². The fourth-order valence-corrected chi connectivity index (χ4v) is 3.94. The Labute approximate surface area is 173 Å². The number of thiophene rings is 1. The molecule has 0 aliphatic carbocycles. The number of fused-ring (bicyclic) bond motifs is 1. The molecule has 0 bridgehead atoms. The first-order valence-electron chi connectivity index (χ1n) is 9.40. The second-order valence-corrected chi connectivity index (χ2v) is 8.82. The van der Waals surface area contributed by atoms with Gasteiger partial charge in [0.15, 0.2) is 0 Å². The van der Waals surface area contributed by atoms with Gasteiger partial charge in [0.1, 0.15) is 11.3 Å². The molecule has 29 heavy (non-hydrogen) atoms. The second kappa shape index (κ2) is 7.72. The van der Waals surface area contributed by atoms with E-state index in [4.69, 9.17) is 14.1 Å². The van der Waals surface area contributed by atoms with Gasteiger partial charge >= 0.3 is 6.09 Å². The van der Waals surface area contributed by atoms with Crippen molar-refractivity contribution < 1.29 is 13.9 Å². The Kier molecular flexibility index (Phi) is 5.11. The Morgan fingerprint density at radius 2 is 1.83 bits per heavy atom. The summed E-state index contributed by atoms with van der Waals surface area (Å²) in [6.07, 6.45) is -0.0220. The van der Waals surface area contributed by atoms with Gasteiger partial charge in [0.2, 0.25) is 11.8 Å². The fraction of sp³-hybridized carbons (Fsp3) is 0.217. The maximum Gasteiger partial charge on any atom is 0.414 e. The highest BCUT2D eigenvalue weighted by molar-refractivity contribution is 7.22. The van der Waals surface area contributed by atoms with Crippen LogP contribution in [0.15, 0.2) is 65.1 Å². The first-order chi connectivity index (χ1) is 13.9. The van der Waals surface area contributed by atoms with E-state index < -0.39 is 11.7 Å². The van der Waals surface area contributed by atoms with Crippen LogP contribution in [0.4, 0.5) is 10.7 Å². The maximum absolute atomic E-state index is 12.3. The summed E-state index contributed by atoms with van der Waals surface area (Å²) in [5, 5.41) is 3.86. The Hall–Kier alpha value is -3.12. The molecule has 0 spiro atoms. The molecule has 5 nitrogen and oxygen atoms in total. The summed E-state index contributed by atoms with van der Waals surface area (Å²) in [5.41, 5.74) is 1.14. The van der Waals surface area contributed by atoms with E-state index in [1.807, 2.05) is 63.2 Å². The molecule has 1 amide bonds. The standard InChI is InChI=1S/C23H22N2O3S/c1-23(2,3)28-22(26)25-20-17(13-15-9-5-4-6-10-15)24-21(27-20)19-14-16-11-7-8-12-18(16)29-19/h4-12,14H,13H2,1-3H3,(H,25,26). The number of aromatic nitrogens is 1. The molecule has 0 saturated carbocycles. The predicted molar refractivity (Wildman–Crippen MR) is 116 cm³/mol. The van der Waals surface area contributed by atoms with Crippen molar-refractivity contribution in [2.75, 3.05) is 5.32 Å². The minimum absolute atomic E-state index is 0.315. The number of ether oxygens (including phenoxy) is 1. The Morgan fingerprint density at radius 1 is 1.10 bits per heavy atom. The van der Waals surface area contributed by atoms with Crippen LogP contribution in [0.1, 0.15) is 32.0 Å². The highest BCUT2D eigenvalue weighted by atomic mass is 32.1. The molecule has 148 valence electrons. The average Bonchev–Trinajstić information content (AvgIpc) is 3.25. The number of oxazole rings is 1. The van der Waals surface area contributed by atoms with Crippen LogP contribution in [0.3, 0.4) is 0 Å². The molecule has 2 aromatic heterocycles. The number of amides is 1. The molecule has 2 aromatic carbocycles. The lowest BCUT2D eigenvalue weighted by Crippen LogP contribution is -2.27. The Balaban J connectivity index is 1.68. The van der Waals surface area contributed by atoms with Gasteiger partial charge in [-0.3, -0.25) is 5.32 Å². The number of anilines is 1. The Morgan fingerprint density at radius 3 is 2.55 bits per heavy atom. The zero-order valence-corrected chi connectivity index (χ0v) is 17.4. The number of carbonyl (C=O) groups excluding carboxylic acids is 1. The molecule has 0 aliphatic rings. The first kappa shape index (κ1) is 19.2. The van der Waals surface area contributed by atoms with E-state index in [2.05, 4.69) is 23.5 Å². The van der Waals surface area contributed by atoms with Crippen molar-refractivity contribution >= 4 is 33.4 Å². The lowest BCUT2D eigenvalue weighted by molar-refractivity contribution is 0.0632. The number of rotatable bonds is 4. The van der Waals surface area contributed by atoms with Crippen LogP contribution in [-0.2, 0) is 11.2 Å². The van der Waals surface area contributed by atoms with E-state index in [9.17, 15) is 4.79 Å². The van der Waals surface area contributed by atoms with Crippen LogP contribution >= 0.6 is 11.3 Å². The molecule has 0 atom stereocenters. The van der Waals surface area contributed by atoms with Crippen LogP contribution in [0.2, 0.25) is 0 Å².